The molecule has 2 fully saturated rings. The van der Waals surface area contributed by atoms with Crippen LogP contribution in [0.3, 0.4) is 0 Å². The number of amides is 1. The van der Waals surface area contributed by atoms with E-state index in [1.165, 1.54) is 12.8 Å². The van der Waals surface area contributed by atoms with Crippen LogP contribution in [0.4, 0.5) is 0 Å². The topological polar surface area (TPSA) is 53.0 Å². The molecule has 1 aliphatic carbocycles. The third-order valence-corrected chi connectivity index (χ3v) is 4.37. The zero-order chi connectivity index (χ0) is 14.4. The third-order valence-electron chi connectivity index (χ3n) is 4.37. The quantitative estimate of drug-likeness (QED) is 0.781. The van der Waals surface area contributed by atoms with Crippen LogP contribution in [-0.4, -0.2) is 72.9 Å². The normalized spacial score (nSPS) is 23.2. The van der Waals surface area contributed by atoms with Crippen LogP contribution in [0.15, 0.2) is 0 Å². The molecule has 0 aromatic rings. The molecule has 0 unspecified atom stereocenters. The van der Waals surface area contributed by atoms with Gasteiger partial charge in [-0.15, -0.1) is 0 Å². The van der Waals surface area contributed by atoms with E-state index in [-0.39, 0.29) is 5.92 Å². The van der Waals surface area contributed by atoms with Crippen LogP contribution in [0.1, 0.15) is 32.6 Å². The lowest BCUT2D eigenvalue weighted by Crippen LogP contribution is -2.51. The van der Waals surface area contributed by atoms with Gasteiger partial charge in [-0.2, -0.15) is 0 Å². The second kappa shape index (κ2) is 7.96. The summed E-state index contributed by atoms with van der Waals surface area (Å²) in [7, 11) is 0. The van der Waals surface area contributed by atoms with Crippen molar-refractivity contribution >= 4 is 5.91 Å². The lowest BCUT2D eigenvalue weighted by molar-refractivity contribution is -0.137. The maximum absolute atomic E-state index is 12.3. The number of β-amino-alcohol motifs (C(OH)–C–C–N with tert-alkyl or cyclic N) is 1. The molecule has 1 saturated carbocycles. The van der Waals surface area contributed by atoms with Gasteiger partial charge in [0.2, 0.25) is 5.91 Å². The molecule has 0 aromatic heterocycles. The van der Waals surface area contributed by atoms with E-state index in [1.54, 1.807) is 0 Å². The molecule has 116 valence electrons. The molecule has 0 radical (unpaired) electrons. The molecule has 2 aliphatic rings. The highest BCUT2D eigenvalue weighted by atomic mass is 16.5. The number of hydrogen-bond acceptors (Lipinski definition) is 4. The Morgan fingerprint density at radius 2 is 1.90 bits per heavy atom. The molecule has 1 saturated heterocycles. The van der Waals surface area contributed by atoms with E-state index in [4.69, 9.17) is 4.74 Å². The van der Waals surface area contributed by atoms with Gasteiger partial charge in [0, 0.05) is 45.2 Å². The Morgan fingerprint density at radius 3 is 2.50 bits per heavy atom. The number of ether oxygens (including phenoxy) is 1. The van der Waals surface area contributed by atoms with Crippen LogP contribution < -0.4 is 0 Å². The largest absolute Gasteiger partial charge is 0.389 e. The number of aliphatic hydroxyl groups excluding tert-OH is 1. The van der Waals surface area contributed by atoms with Crippen molar-refractivity contribution in [2.45, 2.75) is 38.7 Å². The summed E-state index contributed by atoms with van der Waals surface area (Å²) in [6.45, 7) is 6.95. The number of aliphatic hydroxyl groups is 1. The fraction of sp³-hybridized carbons (Fsp3) is 0.933. The molecule has 1 atom stereocenters. The maximum atomic E-state index is 12.3. The second-order valence-corrected chi connectivity index (χ2v) is 5.92. The predicted octanol–water partition coefficient (Wildman–Crippen LogP) is 0.718. The molecule has 1 heterocycles. The minimum atomic E-state index is -0.424. The fourth-order valence-electron chi connectivity index (χ4n) is 3.19. The molecule has 5 heteroatoms. The van der Waals surface area contributed by atoms with E-state index >= 15 is 0 Å². The van der Waals surface area contributed by atoms with Crippen LogP contribution >= 0.6 is 0 Å². The average molecular weight is 284 g/mol. The summed E-state index contributed by atoms with van der Waals surface area (Å²) in [6.07, 6.45) is 4.14. The monoisotopic (exact) mass is 284 g/mol. The second-order valence-electron chi connectivity index (χ2n) is 5.92. The van der Waals surface area contributed by atoms with Gasteiger partial charge in [-0.3, -0.25) is 9.69 Å². The minimum Gasteiger partial charge on any atom is -0.389 e. The molecule has 1 amide bonds. The third kappa shape index (κ3) is 4.43. The van der Waals surface area contributed by atoms with Crippen molar-refractivity contribution < 1.29 is 14.6 Å². The molecule has 0 spiro atoms. The van der Waals surface area contributed by atoms with Crippen molar-refractivity contribution in [2.75, 3.05) is 45.9 Å². The van der Waals surface area contributed by atoms with Crippen molar-refractivity contribution in [2.24, 2.45) is 5.92 Å². The van der Waals surface area contributed by atoms with Gasteiger partial charge in [0.25, 0.3) is 0 Å². The van der Waals surface area contributed by atoms with Crippen molar-refractivity contribution in [1.82, 2.24) is 9.80 Å². The first-order chi connectivity index (χ1) is 9.70. The van der Waals surface area contributed by atoms with Gasteiger partial charge in [-0.05, 0) is 19.8 Å². The Bertz CT molecular complexity index is 297. The summed E-state index contributed by atoms with van der Waals surface area (Å²) in [5.74, 6) is 0.641. The SMILES string of the molecule is CCOC[C@H](O)CN1CCN(C(=O)C2CCCC2)CC1. The minimum absolute atomic E-state index is 0.282. The lowest BCUT2D eigenvalue weighted by Gasteiger charge is -2.36. The van der Waals surface area contributed by atoms with E-state index in [1.807, 2.05) is 11.8 Å². The summed E-state index contributed by atoms with van der Waals surface area (Å²) >= 11 is 0. The molecule has 20 heavy (non-hydrogen) atoms. The van der Waals surface area contributed by atoms with Gasteiger partial charge < -0.3 is 14.7 Å². The molecular formula is C15H28N2O3. The smallest absolute Gasteiger partial charge is 0.225 e. The first-order valence-electron chi connectivity index (χ1n) is 7.97. The highest BCUT2D eigenvalue weighted by Crippen LogP contribution is 2.26. The summed E-state index contributed by atoms with van der Waals surface area (Å²) < 4.78 is 5.22. The summed E-state index contributed by atoms with van der Waals surface area (Å²) in [5, 5.41) is 9.83. The summed E-state index contributed by atoms with van der Waals surface area (Å²) in [5.41, 5.74) is 0. The molecule has 2 rings (SSSR count). The number of nitrogens with zero attached hydrogens (tertiary/aromatic N) is 2. The summed E-state index contributed by atoms with van der Waals surface area (Å²) in [4.78, 5) is 16.5. The molecule has 1 aliphatic heterocycles. The van der Waals surface area contributed by atoms with Crippen LogP contribution in [0.2, 0.25) is 0 Å². The standard InChI is InChI=1S/C15H28N2O3/c1-2-20-12-14(18)11-16-7-9-17(10-8-16)15(19)13-5-3-4-6-13/h13-14,18H,2-12H2,1H3/t14-/m1/s1. The Balaban J connectivity index is 1.68. The maximum Gasteiger partial charge on any atom is 0.225 e. The first kappa shape index (κ1) is 15.7. The molecule has 1 N–H and O–H groups in total. The Kier molecular flexibility index (Phi) is 6.26. The molecule has 5 nitrogen and oxygen atoms in total. The van der Waals surface area contributed by atoms with E-state index < -0.39 is 6.10 Å². The van der Waals surface area contributed by atoms with Gasteiger partial charge >= 0.3 is 0 Å². The zero-order valence-corrected chi connectivity index (χ0v) is 12.6. The van der Waals surface area contributed by atoms with E-state index in [9.17, 15) is 9.90 Å². The van der Waals surface area contributed by atoms with Gasteiger partial charge in [-0.25, -0.2) is 0 Å². The van der Waals surface area contributed by atoms with Gasteiger partial charge in [0.1, 0.15) is 0 Å². The van der Waals surface area contributed by atoms with E-state index in [2.05, 4.69) is 4.90 Å². The molecular weight excluding hydrogens is 256 g/mol. The Hall–Kier alpha value is -0.650. The fourth-order valence-corrected chi connectivity index (χ4v) is 3.19. The average Bonchev–Trinajstić information content (AvgIpc) is 2.99. The van der Waals surface area contributed by atoms with Gasteiger partial charge in [-0.1, -0.05) is 12.8 Å². The lowest BCUT2D eigenvalue weighted by atomic mass is 10.1. The van der Waals surface area contributed by atoms with Crippen LogP contribution in [0.25, 0.3) is 0 Å². The predicted molar refractivity (Wildman–Crippen MR) is 77.5 cm³/mol. The zero-order valence-electron chi connectivity index (χ0n) is 12.6. The highest BCUT2D eigenvalue weighted by molar-refractivity contribution is 5.79. The van der Waals surface area contributed by atoms with Crippen LogP contribution in [0, 0.1) is 5.92 Å². The highest BCUT2D eigenvalue weighted by Gasteiger charge is 2.29. The number of carbonyl (C=O) groups is 1. The van der Waals surface area contributed by atoms with Gasteiger partial charge in [0.15, 0.2) is 0 Å². The van der Waals surface area contributed by atoms with Crippen molar-refractivity contribution in [3.63, 3.8) is 0 Å². The van der Waals surface area contributed by atoms with Crippen LogP contribution in [0.5, 0.6) is 0 Å². The number of piperazine rings is 1. The molecule has 0 bridgehead atoms. The Labute approximate surface area is 121 Å². The van der Waals surface area contributed by atoms with Crippen molar-refractivity contribution in [3.8, 4) is 0 Å². The van der Waals surface area contributed by atoms with Crippen LogP contribution in [-0.2, 0) is 9.53 Å². The van der Waals surface area contributed by atoms with Crippen molar-refractivity contribution in [3.05, 3.63) is 0 Å². The number of hydrogen-bond donors (Lipinski definition) is 1. The van der Waals surface area contributed by atoms with Gasteiger partial charge in [0.05, 0.1) is 12.7 Å². The van der Waals surface area contributed by atoms with E-state index in [0.717, 1.165) is 39.0 Å². The first-order valence-corrected chi connectivity index (χ1v) is 7.97. The number of carbonyl (C=O) groups excluding carboxylic acids is 1. The molecule has 0 aromatic carbocycles. The summed E-state index contributed by atoms with van der Waals surface area (Å²) in [6, 6.07) is 0. The van der Waals surface area contributed by atoms with E-state index in [0.29, 0.717) is 25.7 Å². The van der Waals surface area contributed by atoms with Crippen molar-refractivity contribution in [1.29, 1.82) is 0 Å². The Morgan fingerprint density at radius 1 is 1.25 bits per heavy atom. The number of rotatable bonds is 6.